The van der Waals surface area contributed by atoms with Gasteiger partial charge in [0.2, 0.25) is 5.69 Å². The second-order valence-corrected chi connectivity index (χ2v) is 16.3. The number of aliphatic hydroxyl groups is 1. The fourth-order valence-electron chi connectivity index (χ4n) is 5.04. The number of hydrogen-bond acceptors (Lipinski definition) is 9. The van der Waals surface area contributed by atoms with Crippen molar-refractivity contribution >= 4 is 40.0 Å². The molecule has 3 N–H and O–H groups in total. The van der Waals surface area contributed by atoms with E-state index in [2.05, 4.69) is 35.4 Å². The Balaban J connectivity index is 1.29. The Bertz CT molecular complexity index is 1290. The van der Waals surface area contributed by atoms with E-state index in [1.807, 2.05) is 6.92 Å². The number of ether oxygens (including phenoxy) is 1. The maximum atomic E-state index is 12.0. The smallest absolute Gasteiger partial charge is 0.327 e. The first-order valence-corrected chi connectivity index (χ1v) is 15.4. The highest BCUT2D eigenvalue weighted by Crippen LogP contribution is 2.75. The van der Waals surface area contributed by atoms with Crippen molar-refractivity contribution in [1.29, 1.82) is 0 Å². The van der Waals surface area contributed by atoms with Gasteiger partial charge in [-0.2, -0.15) is 0 Å². The monoisotopic (exact) mass is 528 g/mol. The van der Waals surface area contributed by atoms with E-state index >= 15 is 0 Å². The molecule has 5 rings (SSSR count). The SMILES string of the molecule is C=C(C)[C@@H]1CC[C@]2(C)S[P@@](=S)(OC[C@H]3O[C@@H](n4cnc5c(=O)[nH]c(=O)[nH]c54)[C@H](O)[C@@H]3C)O[C@H]2C1. The quantitative estimate of drug-likeness (QED) is 0.396. The Morgan fingerprint density at radius 2 is 2.26 bits per heavy atom. The second-order valence-electron chi connectivity index (χ2n) is 9.73. The van der Waals surface area contributed by atoms with E-state index in [4.69, 9.17) is 25.6 Å². The molecule has 34 heavy (non-hydrogen) atoms. The van der Waals surface area contributed by atoms with Gasteiger partial charge in [0.1, 0.15) is 11.8 Å². The van der Waals surface area contributed by atoms with Gasteiger partial charge in [0.25, 0.3) is 5.56 Å². The third-order valence-corrected chi connectivity index (χ3v) is 13.1. The zero-order chi connectivity index (χ0) is 24.4. The normalized spacial score (nSPS) is 40.0. The molecule has 2 aromatic rings. The van der Waals surface area contributed by atoms with Crippen molar-refractivity contribution in [3.63, 3.8) is 0 Å². The van der Waals surface area contributed by atoms with Gasteiger partial charge >= 0.3 is 5.69 Å². The van der Waals surface area contributed by atoms with Crippen LogP contribution >= 0.6 is 17.1 Å². The van der Waals surface area contributed by atoms with Crippen molar-refractivity contribution in [1.82, 2.24) is 19.5 Å². The van der Waals surface area contributed by atoms with E-state index < -0.39 is 35.4 Å². The molecule has 186 valence electrons. The van der Waals surface area contributed by atoms with Gasteiger partial charge in [-0.15, -0.1) is 0 Å². The molecule has 3 fully saturated rings. The van der Waals surface area contributed by atoms with Gasteiger partial charge in [0.15, 0.2) is 11.7 Å². The van der Waals surface area contributed by atoms with Crippen LogP contribution in [0.1, 0.15) is 46.3 Å². The van der Waals surface area contributed by atoms with Crippen molar-refractivity contribution in [2.75, 3.05) is 6.61 Å². The highest BCUT2D eigenvalue weighted by molar-refractivity contribution is 8.68. The number of aromatic nitrogens is 4. The van der Waals surface area contributed by atoms with Crippen LogP contribution in [-0.2, 0) is 25.6 Å². The summed E-state index contributed by atoms with van der Waals surface area (Å²) in [5.41, 5.74) is -2.40. The van der Waals surface area contributed by atoms with Crippen molar-refractivity contribution in [2.24, 2.45) is 11.8 Å². The molecule has 8 atom stereocenters. The van der Waals surface area contributed by atoms with Crippen LogP contribution in [0.4, 0.5) is 0 Å². The van der Waals surface area contributed by atoms with Crippen molar-refractivity contribution < 1.29 is 18.9 Å². The molecule has 2 aromatic heterocycles. The molecule has 0 amide bonds. The van der Waals surface area contributed by atoms with Crippen LogP contribution < -0.4 is 11.2 Å². The van der Waals surface area contributed by atoms with Crippen molar-refractivity contribution in [3.8, 4) is 0 Å². The number of nitrogens with one attached hydrogen (secondary N) is 2. The number of aromatic amines is 2. The first-order valence-electron chi connectivity index (χ1n) is 11.3. The largest absolute Gasteiger partial charge is 0.388 e. The van der Waals surface area contributed by atoms with Crippen LogP contribution in [0.3, 0.4) is 0 Å². The lowest BCUT2D eigenvalue weighted by Crippen LogP contribution is -2.39. The number of imidazole rings is 1. The van der Waals surface area contributed by atoms with Crippen LogP contribution in [0.2, 0.25) is 0 Å². The molecule has 2 aliphatic heterocycles. The van der Waals surface area contributed by atoms with Crippen molar-refractivity contribution in [2.45, 2.75) is 69.3 Å². The van der Waals surface area contributed by atoms with Gasteiger partial charge in [0, 0.05) is 10.7 Å². The van der Waals surface area contributed by atoms with Crippen LogP contribution in [0, 0.1) is 11.8 Å². The van der Waals surface area contributed by atoms with Crippen LogP contribution in [0.25, 0.3) is 11.2 Å². The maximum absolute atomic E-state index is 12.0. The summed E-state index contributed by atoms with van der Waals surface area (Å²) in [6, 6.07) is 0. The molecule has 0 bridgehead atoms. The molecule has 10 nitrogen and oxygen atoms in total. The molecule has 0 spiro atoms. The predicted molar refractivity (Wildman–Crippen MR) is 133 cm³/mol. The second kappa shape index (κ2) is 8.69. The fraction of sp³-hybridized carbons (Fsp3) is 0.667. The molecule has 2 saturated heterocycles. The standard InChI is InChI=1S/C21H29N4O6PS2/c1-10(2)12-5-6-21(4)14(7-12)31-32(33,34-21)29-8-13-11(3)16(26)19(30-13)25-9-22-15-17(25)23-20(28)24-18(15)27/h9,11-14,16,19,26H,1,5-8H2,2-4H3,(H2,23,24,27,28)/t11-,12-,13-,14+,16-,19-,21+,32+/m1/s1. The van der Waals surface area contributed by atoms with E-state index in [1.54, 1.807) is 11.4 Å². The van der Waals surface area contributed by atoms with Crippen LogP contribution in [-0.4, -0.2) is 54.3 Å². The Labute approximate surface area is 205 Å². The molecule has 0 unspecified atom stereocenters. The number of allylic oxidation sites excluding steroid dienone is 1. The zero-order valence-electron chi connectivity index (χ0n) is 19.2. The summed E-state index contributed by atoms with van der Waals surface area (Å²) in [5, 5.41) is 10.9. The van der Waals surface area contributed by atoms with E-state index in [0.717, 1.165) is 19.3 Å². The third-order valence-electron chi connectivity index (χ3n) is 7.31. The molecule has 13 heteroatoms. The fourth-order valence-corrected chi connectivity index (χ4v) is 12.2. The summed E-state index contributed by atoms with van der Waals surface area (Å²) in [5.74, 6) is 0.161. The molecule has 0 radical (unpaired) electrons. The topological polar surface area (TPSA) is 131 Å². The Hall–Kier alpha value is -1.27. The van der Waals surface area contributed by atoms with Crippen LogP contribution in [0.5, 0.6) is 0 Å². The zero-order valence-corrected chi connectivity index (χ0v) is 21.8. The van der Waals surface area contributed by atoms with Gasteiger partial charge in [-0.3, -0.25) is 19.3 Å². The Morgan fingerprint density at radius 3 is 3.00 bits per heavy atom. The van der Waals surface area contributed by atoms with Gasteiger partial charge in [-0.25, -0.2) is 9.78 Å². The molecule has 0 aromatic carbocycles. The Kier molecular flexibility index (Phi) is 6.24. The molecular formula is C21H29N4O6PS2. The highest BCUT2D eigenvalue weighted by Gasteiger charge is 2.54. The number of aliphatic hydroxyl groups excluding tert-OH is 1. The summed E-state index contributed by atoms with van der Waals surface area (Å²) in [7, 11) is 0. The highest BCUT2D eigenvalue weighted by atomic mass is 32.9. The number of H-pyrrole nitrogens is 2. The lowest BCUT2D eigenvalue weighted by atomic mass is 9.77. The summed E-state index contributed by atoms with van der Waals surface area (Å²) < 4.78 is 20.1. The molecule has 1 aliphatic carbocycles. The minimum atomic E-state index is -2.58. The average molecular weight is 529 g/mol. The lowest BCUT2D eigenvalue weighted by Gasteiger charge is -2.37. The predicted octanol–water partition coefficient (Wildman–Crippen LogP) is 2.82. The first kappa shape index (κ1) is 24.4. The number of fused-ring (bicyclic) bond motifs is 2. The number of nitrogens with zero attached hydrogens (tertiary/aromatic N) is 2. The third kappa shape index (κ3) is 4.17. The van der Waals surface area contributed by atoms with E-state index in [-0.39, 0.29) is 34.5 Å². The minimum Gasteiger partial charge on any atom is -0.388 e. The first-order chi connectivity index (χ1) is 16.0. The number of rotatable bonds is 5. The molecule has 3 aliphatic rings. The summed E-state index contributed by atoms with van der Waals surface area (Å²) >= 11 is 7.50. The van der Waals surface area contributed by atoms with Gasteiger partial charge < -0.3 is 18.9 Å². The molecule has 4 heterocycles. The van der Waals surface area contributed by atoms with Crippen molar-refractivity contribution in [3.05, 3.63) is 39.3 Å². The minimum absolute atomic E-state index is 0.0336. The maximum Gasteiger partial charge on any atom is 0.327 e. The lowest BCUT2D eigenvalue weighted by molar-refractivity contribution is -0.0464. The van der Waals surface area contributed by atoms with Gasteiger partial charge in [0.05, 0.1) is 25.1 Å². The van der Waals surface area contributed by atoms with Gasteiger partial charge in [-0.05, 0) is 50.8 Å². The summed E-state index contributed by atoms with van der Waals surface area (Å²) in [6.07, 6.45) is 2.21. The number of hydrogen-bond donors (Lipinski definition) is 3. The van der Waals surface area contributed by atoms with Crippen LogP contribution in [0.15, 0.2) is 28.1 Å². The Morgan fingerprint density at radius 1 is 1.50 bits per heavy atom. The van der Waals surface area contributed by atoms with E-state index in [0.29, 0.717) is 5.92 Å². The van der Waals surface area contributed by atoms with Gasteiger partial charge in [-0.1, -0.05) is 30.5 Å². The summed E-state index contributed by atoms with van der Waals surface area (Å²) in [6.45, 7) is 10.4. The molecule has 1 saturated carbocycles. The molecular weight excluding hydrogens is 499 g/mol. The summed E-state index contributed by atoms with van der Waals surface area (Å²) in [4.78, 5) is 32.5. The van der Waals surface area contributed by atoms with E-state index in [1.165, 1.54) is 16.5 Å². The average Bonchev–Trinajstić information content (AvgIpc) is 3.38. The van der Waals surface area contributed by atoms with E-state index in [9.17, 15) is 14.7 Å².